The highest BCUT2D eigenvalue weighted by molar-refractivity contribution is 6.07. The van der Waals surface area contributed by atoms with Crippen LogP contribution in [0.25, 0.3) is 55.0 Å². The Hall–Kier alpha value is -4.44. The maximum absolute atomic E-state index is 12.9. The van der Waals surface area contributed by atoms with Crippen LogP contribution >= 0.6 is 0 Å². The lowest BCUT2D eigenvalue weighted by Gasteiger charge is -2.11. The summed E-state index contributed by atoms with van der Waals surface area (Å²) in [6.07, 6.45) is 0. The molecule has 0 saturated carbocycles. The summed E-state index contributed by atoms with van der Waals surface area (Å²) in [4.78, 5) is 25.6. The highest BCUT2D eigenvalue weighted by atomic mass is 16.4. The summed E-state index contributed by atoms with van der Waals surface area (Å²) in [6.45, 7) is 1.98. The summed E-state index contributed by atoms with van der Waals surface area (Å²) in [5.41, 5.74) is 3.59. The van der Waals surface area contributed by atoms with Gasteiger partial charge in [0.25, 0.3) is 0 Å². The molecule has 0 N–H and O–H groups in total. The van der Waals surface area contributed by atoms with Crippen molar-refractivity contribution >= 4 is 32.7 Å². The molecular formula is C29H18O4. The summed E-state index contributed by atoms with van der Waals surface area (Å²) in [5.74, 6) is 0. The maximum atomic E-state index is 12.9. The molecule has 4 aromatic carbocycles. The first-order valence-electron chi connectivity index (χ1n) is 10.7. The van der Waals surface area contributed by atoms with Gasteiger partial charge in [-0.25, -0.2) is 9.59 Å². The average molecular weight is 430 g/mol. The van der Waals surface area contributed by atoms with Crippen LogP contribution in [0.2, 0.25) is 0 Å². The Bertz CT molecular complexity index is 1820. The lowest BCUT2D eigenvalue weighted by molar-refractivity contribution is 0.556. The van der Waals surface area contributed by atoms with Gasteiger partial charge < -0.3 is 8.83 Å². The highest BCUT2D eigenvalue weighted by Gasteiger charge is 2.17. The van der Waals surface area contributed by atoms with Gasteiger partial charge in [-0.1, -0.05) is 72.3 Å². The molecule has 158 valence electrons. The minimum atomic E-state index is -0.475. The van der Waals surface area contributed by atoms with Crippen molar-refractivity contribution in [3.63, 3.8) is 0 Å². The van der Waals surface area contributed by atoms with Crippen LogP contribution in [0, 0.1) is 6.92 Å². The lowest BCUT2D eigenvalue weighted by atomic mass is 9.94. The van der Waals surface area contributed by atoms with E-state index in [4.69, 9.17) is 8.83 Å². The van der Waals surface area contributed by atoms with E-state index in [1.54, 1.807) is 18.2 Å². The Morgan fingerprint density at radius 2 is 1.33 bits per heavy atom. The number of fused-ring (bicyclic) bond motifs is 3. The van der Waals surface area contributed by atoms with Gasteiger partial charge in [-0.3, -0.25) is 0 Å². The third kappa shape index (κ3) is 3.15. The van der Waals surface area contributed by atoms with E-state index in [2.05, 4.69) is 0 Å². The monoisotopic (exact) mass is 430 g/mol. The van der Waals surface area contributed by atoms with Crippen molar-refractivity contribution in [3.05, 3.63) is 117 Å². The first-order chi connectivity index (χ1) is 16.1. The molecule has 2 heterocycles. The van der Waals surface area contributed by atoms with Gasteiger partial charge in [0.2, 0.25) is 0 Å². The first-order valence-corrected chi connectivity index (χ1v) is 10.7. The van der Waals surface area contributed by atoms with Gasteiger partial charge in [-0.2, -0.15) is 0 Å². The first kappa shape index (κ1) is 19.3. The van der Waals surface area contributed by atoms with Crippen molar-refractivity contribution in [2.24, 2.45) is 0 Å². The fraction of sp³-hybridized carbons (Fsp3) is 0.0345. The van der Waals surface area contributed by atoms with Crippen molar-refractivity contribution in [3.8, 4) is 22.3 Å². The van der Waals surface area contributed by atoms with Gasteiger partial charge in [0, 0.05) is 28.0 Å². The van der Waals surface area contributed by atoms with E-state index in [0.29, 0.717) is 22.3 Å². The largest absolute Gasteiger partial charge is 0.422 e. The Balaban J connectivity index is 1.68. The standard InChI is InChI=1S/C29H18O4/c1-17-12-13-26-19(14-17)15-25(29(31)32-26)23-11-5-10-22-24(16-27(30)33-28(22)23)21-9-4-7-18-6-2-3-8-20(18)21/h2-16H,1H3. The molecule has 0 saturated heterocycles. The van der Waals surface area contributed by atoms with Crippen LogP contribution in [0.15, 0.2) is 109 Å². The zero-order chi connectivity index (χ0) is 22.5. The zero-order valence-electron chi connectivity index (χ0n) is 17.8. The molecule has 0 atom stereocenters. The number of rotatable bonds is 2. The van der Waals surface area contributed by atoms with E-state index in [1.165, 1.54) is 6.07 Å². The van der Waals surface area contributed by atoms with Crippen LogP contribution in [0.5, 0.6) is 0 Å². The van der Waals surface area contributed by atoms with Crippen LogP contribution in [-0.4, -0.2) is 0 Å². The zero-order valence-corrected chi connectivity index (χ0v) is 17.8. The molecule has 0 bridgehead atoms. The Labute approximate surface area is 188 Å². The van der Waals surface area contributed by atoms with Crippen LogP contribution in [0.4, 0.5) is 0 Å². The van der Waals surface area contributed by atoms with Gasteiger partial charge in [-0.05, 0) is 41.5 Å². The van der Waals surface area contributed by atoms with Crippen molar-refractivity contribution < 1.29 is 8.83 Å². The van der Waals surface area contributed by atoms with E-state index in [9.17, 15) is 9.59 Å². The molecule has 0 radical (unpaired) electrons. The molecular weight excluding hydrogens is 412 g/mol. The maximum Gasteiger partial charge on any atom is 0.344 e. The Morgan fingerprint density at radius 1 is 0.576 bits per heavy atom. The second kappa shape index (κ2) is 7.31. The summed E-state index contributed by atoms with van der Waals surface area (Å²) in [5, 5.41) is 3.69. The predicted octanol–water partition coefficient (Wildman–Crippen LogP) is 6.70. The second-order valence-corrected chi connectivity index (χ2v) is 8.18. The Morgan fingerprint density at radius 3 is 2.24 bits per heavy atom. The van der Waals surface area contributed by atoms with Crippen LogP contribution in [-0.2, 0) is 0 Å². The normalized spacial score (nSPS) is 11.4. The second-order valence-electron chi connectivity index (χ2n) is 8.18. The van der Waals surface area contributed by atoms with Gasteiger partial charge >= 0.3 is 11.3 Å². The van der Waals surface area contributed by atoms with E-state index in [1.807, 2.05) is 73.7 Å². The molecule has 6 rings (SSSR count). The number of hydrogen-bond acceptors (Lipinski definition) is 4. The summed E-state index contributed by atoms with van der Waals surface area (Å²) < 4.78 is 11.3. The molecule has 4 heteroatoms. The molecule has 0 aliphatic rings. The number of aryl methyl sites for hydroxylation is 1. The molecule has 6 aromatic rings. The molecule has 0 aliphatic heterocycles. The van der Waals surface area contributed by atoms with Crippen molar-refractivity contribution in [1.82, 2.24) is 0 Å². The van der Waals surface area contributed by atoms with Crippen LogP contribution in [0.3, 0.4) is 0 Å². The lowest BCUT2D eigenvalue weighted by Crippen LogP contribution is -2.05. The van der Waals surface area contributed by atoms with Gasteiger partial charge in [-0.15, -0.1) is 0 Å². The number of benzene rings is 4. The highest BCUT2D eigenvalue weighted by Crippen LogP contribution is 2.36. The Kier molecular flexibility index (Phi) is 4.27. The SMILES string of the molecule is Cc1ccc2oc(=O)c(-c3cccc4c(-c5cccc6ccccc56)cc(=O)oc34)cc2c1. The summed E-state index contributed by atoms with van der Waals surface area (Å²) in [6, 6.07) is 28.6. The summed E-state index contributed by atoms with van der Waals surface area (Å²) in [7, 11) is 0. The van der Waals surface area contributed by atoms with Crippen molar-refractivity contribution in [2.75, 3.05) is 0 Å². The average Bonchev–Trinajstić information content (AvgIpc) is 2.83. The molecule has 2 aromatic heterocycles. The summed E-state index contributed by atoms with van der Waals surface area (Å²) >= 11 is 0. The quantitative estimate of drug-likeness (QED) is 0.287. The third-order valence-corrected chi connectivity index (χ3v) is 6.03. The molecule has 4 nitrogen and oxygen atoms in total. The topological polar surface area (TPSA) is 60.4 Å². The predicted molar refractivity (Wildman–Crippen MR) is 132 cm³/mol. The van der Waals surface area contributed by atoms with Gasteiger partial charge in [0.05, 0.1) is 5.56 Å². The molecule has 0 aliphatic carbocycles. The van der Waals surface area contributed by atoms with E-state index < -0.39 is 11.3 Å². The molecule has 33 heavy (non-hydrogen) atoms. The van der Waals surface area contributed by atoms with Crippen molar-refractivity contribution in [1.29, 1.82) is 0 Å². The van der Waals surface area contributed by atoms with Crippen LogP contribution in [0.1, 0.15) is 5.56 Å². The smallest absolute Gasteiger partial charge is 0.344 e. The van der Waals surface area contributed by atoms with Gasteiger partial charge in [0.15, 0.2) is 0 Å². The number of para-hydroxylation sites is 1. The van der Waals surface area contributed by atoms with Crippen molar-refractivity contribution in [2.45, 2.75) is 6.92 Å². The molecule has 0 amide bonds. The minimum absolute atomic E-state index is 0.358. The fourth-order valence-electron chi connectivity index (χ4n) is 4.51. The van der Waals surface area contributed by atoms with Gasteiger partial charge in [0.1, 0.15) is 11.2 Å². The molecule has 0 unspecified atom stereocenters. The molecule has 0 spiro atoms. The number of hydrogen-bond donors (Lipinski definition) is 0. The van der Waals surface area contributed by atoms with E-state index in [0.717, 1.165) is 38.2 Å². The third-order valence-electron chi connectivity index (χ3n) is 6.03. The van der Waals surface area contributed by atoms with Crippen LogP contribution < -0.4 is 11.3 Å². The van der Waals surface area contributed by atoms with E-state index >= 15 is 0 Å². The molecule has 0 fully saturated rings. The van der Waals surface area contributed by atoms with E-state index in [-0.39, 0.29) is 0 Å². The fourth-order valence-corrected chi connectivity index (χ4v) is 4.51. The minimum Gasteiger partial charge on any atom is -0.422 e.